The van der Waals surface area contributed by atoms with E-state index in [0.29, 0.717) is 11.6 Å². The Morgan fingerprint density at radius 2 is 1.73 bits per heavy atom. The summed E-state index contributed by atoms with van der Waals surface area (Å²) in [6.45, 7) is 0. The van der Waals surface area contributed by atoms with Gasteiger partial charge >= 0.3 is 0 Å². The molecule has 0 aliphatic rings. The summed E-state index contributed by atoms with van der Waals surface area (Å²) in [4.78, 5) is 8.16. The van der Waals surface area contributed by atoms with Gasteiger partial charge in [-0.15, -0.1) is 0 Å². The topological polar surface area (TPSA) is 75.9 Å². The van der Waals surface area contributed by atoms with E-state index in [4.69, 9.17) is 5.84 Å². The highest BCUT2D eigenvalue weighted by molar-refractivity contribution is 5.56. The van der Waals surface area contributed by atoms with Gasteiger partial charge < -0.3 is 10.7 Å². The minimum Gasteiger partial charge on any atom is -0.339 e. The second kappa shape index (κ2) is 4.39. The number of hydrogen-bond acceptors (Lipinski definition) is 5. The Kier molecular flexibility index (Phi) is 2.75. The first-order chi connectivity index (χ1) is 7.38. The summed E-state index contributed by atoms with van der Waals surface area (Å²) < 4.78 is 0. The first-order valence-corrected chi connectivity index (χ1v) is 4.49. The number of hydrogen-bond donors (Lipinski definition) is 3. The molecule has 0 saturated carbocycles. The number of rotatable bonds is 3. The Hall–Kier alpha value is -2.14. The lowest BCUT2D eigenvalue weighted by molar-refractivity contribution is 1.16. The molecule has 2 rings (SSSR count). The van der Waals surface area contributed by atoms with Crippen molar-refractivity contribution in [2.24, 2.45) is 5.84 Å². The van der Waals surface area contributed by atoms with Crippen LogP contribution in [0.2, 0.25) is 0 Å². The third-order valence-electron chi connectivity index (χ3n) is 1.83. The van der Waals surface area contributed by atoms with Crippen LogP contribution in [0.4, 0.5) is 17.3 Å². The van der Waals surface area contributed by atoms with E-state index in [1.54, 1.807) is 12.4 Å². The fourth-order valence-electron chi connectivity index (χ4n) is 1.17. The highest BCUT2D eigenvalue weighted by Gasteiger charge is 1.97. The van der Waals surface area contributed by atoms with E-state index in [0.717, 1.165) is 5.69 Å². The van der Waals surface area contributed by atoms with Crippen LogP contribution in [0.25, 0.3) is 0 Å². The largest absolute Gasteiger partial charge is 0.339 e. The zero-order valence-corrected chi connectivity index (χ0v) is 8.01. The lowest BCUT2D eigenvalue weighted by Gasteiger charge is -2.05. The van der Waals surface area contributed by atoms with Crippen LogP contribution in [0.3, 0.4) is 0 Å². The molecule has 0 amide bonds. The SMILES string of the molecule is NNc1cncc(Nc2ccccc2)n1. The molecule has 15 heavy (non-hydrogen) atoms. The first kappa shape index (κ1) is 9.42. The maximum atomic E-state index is 5.23. The van der Waals surface area contributed by atoms with Crippen molar-refractivity contribution in [1.29, 1.82) is 0 Å². The number of hydrazine groups is 1. The van der Waals surface area contributed by atoms with Crippen LogP contribution in [-0.2, 0) is 0 Å². The Balaban J connectivity index is 2.17. The number of para-hydroxylation sites is 1. The lowest BCUT2D eigenvalue weighted by atomic mass is 10.3. The maximum Gasteiger partial charge on any atom is 0.160 e. The molecule has 1 aromatic heterocycles. The molecule has 0 unspecified atom stereocenters. The van der Waals surface area contributed by atoms with Gasteiger partial charge in [0.05, 0.1) is 12.4 Å². The summed E-state index contributed by atoms with van der Waals surface area (Å²) >= 11 is 0. The molecule has 0 aliphatic heterocycles. The smallest absolute Gasteiger partial charge is 0.160 e. The van der Waals surface area contributed by atoms with Crippen LogP contribution in [0, 0.1) is 0 Å². The molecule has 2 aromatic rings. The molecular weight excluding hydrogens is 190 g/mol. The molecule has 0 bridgehead atoms. The van der Waals surface area contributed by atoms with Gasteiger partial charge in [-0.1, -0.05) is 18.2 Å². The molecule has 76 valence electrons. The van der Waals surface area contributed by atoms with E-state index >= 15 is 0 Å². The van der Waals surface area contributed by atoms with Crippen LogP contribution in [0.5, 0.6) is 0 Å². The Labute approximate surface area is 87.3 Å². The monoisotopic (exact) mass is 201 g/mol. The van der Waals surface area contributed by atoms with Crippen molar-refractivity contribution in [3.8, 4) is 0 Å². The van der Waals surface area contributed by atoms with E-state index in [-0.39, 0.29) is 0 Å². The maximum absolute atomic E-state index is 5.23. The quantitative estimate of drug-likeness (QED) is 0.518. The minimum atomic E-state index is 0.524. The second-order valence-electron chi connectivity index (χ2n) is 2.92. The van der Waals surface area contributed by atoms with E-state index in [2.05, 4.69) is 20.7 Å². The number of nitrogens with one attached hydrogen (secondary N) is 2. The van der Waals surface area contributed by atoms with Crippen LogP contribution in [0.15, 0.2) is 42.7 Å². The van der Waals surface area contributed by atoms with Gasteiger partial charge in [-0.05, 0) is 12.1 Å². The zero-order valence-electron chi connectivity index (χ0n) is 8.01. The van der Waals surface area contributed by atoms with Gasteiger partial charge in [0.2, 0.25) is 0 Å². The third-order valence-corrected chi connectivity index (χ3v) is 1.83. The van der Waals surface area contributed by atoms with Crippen LogP contribution in [0.1, 0.15) is 0 Å². The second-order valence-corrected chi connectivity index (χ2v) is 2.92. The fourth-order valence-corrected chi connectivity index (χ4v) is 1.17. The predicted octanol–water partition coefficient (Wildman–Crippen LogP) is 1.51. The van der Waals surface area contributed by atoms with Crippen LogP contribution >= 0.6 is 0 Å². The third kappa shape index (κ3) is 2.41. The Morgan fingerprint density at radius 3 is 2.47 bits per heavy atom. The molecular formula is C10H11N5. The molecule has 0 spiro atoms. The molecule has 0 fully saturated rings. The number of nitrogens with zero attached hydrogens (tertiary/aromatic N) is 2. The molecule has 0 atom stereocenters. The van der Waals surface area contributed by atoms with Gasteiger partial charge in [-0.2, -0.15) is 0 Å². The lowest BCUT2D eigenvalue weighted by Crippen LogP contribution is -2.09. The molecule has 0 radical (unpaired) electrons. The van der Waals surface area contributed by atoms with Crippen molar-refractivity contribution in [1.82, 2.24) is 9.97 Å². The van der Waals surface area contributed by atoms with Crippen molar-refractivity contribution in [3.63, 3.8) is 0 Å². The predicted molar refractivity (Wildman–Crippen MR) is 59.6 cm³/mol. The van der Waals surface area contributed by atoms with Crippen molar-refractivity contribution in [2.75, 3.05) is 10.7 Å². The van der Waals surface area contributed by atoms with Gasteiger partial charge in [0, 0.05) is 5.69 Å². The number of aromatic nitrogens is 2. The van der Waals surface area contributed by atoms with Gasteiger partial charge in [0.15, 0.2) is 11.6 Å². The average Bonchev–Trinajstić information content (AvgIpc) is 2.31. The van der Waals surface area contributed by atoms with E-state index in [1.807, 2.05) is 30.3 Å². The average molecular weight is 201 g/mol. The van der Waals surface area contributed by atoms with Gasteiger partial charge in [-0.25, -0.2) is 10.8 Å². The standard InChI is InChI=1S/C10H11N5/c11-15-10-7-12-6-9(14-10)13-8-4-2-1-3-5-8/h1-7H,11H2,(H2,13,14,15). The van der Waals surface area contributed by atoms with Crippen molar-refractivity contribution in [2.45, 2.75) is 0 Å². The normalized spacial score (nSPS) is 9.67. The molecule has 1 aromatic carbocycles. The highest BCUT2D eigenvalue weighted by Crippen LogP contribution is 2.13. The van der Waals surface area contributed by atoms with E-state index in [1.165, 1.54) is 0 Å². The van der Waals surface area contributed by atoms with Crippen LogP contribution in [-0.4, -0.2) is 9.97 Å². The van der Waals surface area contributed by atoms with Crippen LogP contribution < -0.4 is 16.6 Å². The molecule has 4 N–H and O–H groups in total. The molecule has 1 heterocycles. The summed E-state index contributed by atoms with van der Waals surface area (Å²) in [5.41, 5.74) is 3.40. The van der Waals surface area contributed by atoms with E-state index < -0.39 is 0 Å². The van der Waals surface area contributed by atoms with Gasteiger partial charge in [0.25, 0.3) is 0 Å². The van der Waals surface area contributed by atoms with Crippen molar-refractivity contribution in [3.05, 3.63) is 42.7 Å². The number of nitrogen functional groups attached to an aromatic ring is 1. The minimum absolute atomic E-state index is 0.524. The van der Waals surface area contributed by atoms with Gasteiger partial charge in [0.1, 0.15) is 0 Å². The van der Waals surface area contributed by atoms with E-state index in [9.17, 15) is 0 Å². The highest BCUT2D eigenvalue weighted by atomic mass is 15.3. The first-order valence-electron chi connectivity index (χ1n) is 4.49. The Morgan fingerprint density at radius 1 is 1.00 bits per heavy atom. The van der Waals surface area contributed by atoms with Crippen molar-refractivity contribution < 1.29 is 0 Å². The molecule has 0 saturated heterocycles. The molecule has 5 nitrogen and oxygen atoms in total. The fraction of sp³-hybridized carbons (Fsp3) is 0. The van der Waals surface area contributed by atoms with Crippen molar-refractivity contribution >= 4 is 17.3 Å². The number of benzene rings is 1. The summed E-state index contributed by atoms with van der Waals surface area (Å²) in [6.07, 6.45) is 3.18. The van der Waals surface area contributed by atoms with Gasteiger partial charge in [-0.3, -0.25) is 4.98 Å². The summed E-state index contributed by atoms with van der Waals surface area (Å²) in [6, 6.07) is 9.74. The molecule has 0 aliphatic carbocycles. The summed E-state index contributed by atoms with van der Waals surface area (Å²) in [5, 5.41) is 3.11. The number of nitrogens with two attached hydrogens (primary N) is 1. The number of anilines is 3. The molecule has 5 heteroatoms. The zero-order chi connectivity index (χ0) is 10.5. The Bertz CT molecular complexity index is 429. The summed E-state index contributed by atoms with van der Waals surface area (Å²) in [5.74, 6) is 6.41. The summed E-state index contributed by atoms with van der Waals surface area (Å²) in [7, 11) is 0.